The predicted octanol–water partition coefficient (Wildman–Crippen LogP) is 3.29. The lowest BCUT2D eigenvalue weighted by atomic mass is 9.46. The van der Waals surface area contributed by atoms with Crippen LogP contribution in [-0.4, -0.2) is 45.9 Å². The van der Waals surface area contributed by atoms with E-state index in [0.717, 1.165) is 50.7 Å². The lowest BCUT2D eigenvalue weighted by Gasteiger charge is -2.58. The van der Waals surface area contributed by atoms with Crippen LogP contribution in [0.3, 0.4) is 0 Å². The van der Waals surface area contributed by atoms with Crippen LogP contribution in [0.1, 0.15) is 78.1 Å². The first-order valence-corrected chi connectivity index (χ1v) is 12.8. The molecule has 188 valence electrons. The Morgan fingerprint density at radius 2 is 1.83 bits per heavy atom. The lowest BCUT2D eigenvalue weighted by Crippen LogP contribution is -2.54. The highest BCUT2D eigenvalue weighted by Gasteiger charge is 2.63. The average molecular weight is 483 g/mol. The molecule has 6 atom stereocenters. The number of hydrogen-bond donors (Lipinski definition) is 1. The molecule has 0 aromatic heterocycles. The van der Waals surface area contributed by atoms with Gasteiger partial charge in [0.15, 0.2) is 0 Å². The summed E-state index contributed by atoms with van der Waals surface area (Å²) in [5, 5.41) is 15.8. The first-order chi connectivity index (χ1) is 16.6. The first kappa shape index (κ1) is 24.1. The largest absolute Gasteiger partial charge is 0.383 e. The van der Waals surface area contributed by atoms with E-state index in [1.807, 2.05) is 0 Å². The minimum absolute atomic E-state index is 0.0498. The van der Waals surface area contributed by atoms with Crippen molar-refractivity contribution in [1.82, 2.24) is 5.06 Å². The molecule has 0 spiro atoms. The van der Waals surface area contributed by atoms with E-state index in [9.17, 15) is 19.5 Å². The summed E-state index contributed by atoms with van der Waals surface area (Å²) in [4.78, 5) is 45.1. The molecule has 0 bridgehead atoms. The van der Waals surface area contributed by atoms with Crippen LogP contribution in [0.2, 0.25) is 0 Å². The number of amides is 2. The number of carbonyl (C=O) groups is 3. The fourth-order valence-electron chi connectivity index (χ4n) is 7.85. The molecule has 5 aliphatic rings. The lowest BCUT2D eigenvalue weighted by molar-refractivity contribution is -0.200. The molecule has 1 aliphatic heterocycles. The summed E-state index contributed by atoms with van der Waals surface area (Å²) in [5.74, 6) is 2.46. The number of terminal acetylenes is 1. The van der Waals surface area contributed by atoms with E-state index in [2.05, 4.69) is 31.0 Å². The molecule has 2 amide bonds. The molecule has 8 heteroatoms. The van der Waals surface area contributed by atoms with Gasteiger partial charge in [-0.25, -0.2) is 4.79 Å². The van der Waals surface area contributed by atoms with E-state index in [0.29, 0.717) is 29.2 Å². The van der Waals surface area contributed by atoms with Gasteiger partial charge >= 0.3 is 5.97 Å². The summed E-state index contributed by atoms with van der Waals surface area (Å²) in [6.07, 6.45) is 15.5. The third-order valence-electron chi connectivity index (χ3n) is 9.93. The van der Waals surface area contributed by atoms with Crippen molar-refractivity contribution in [1.29, 1.82) is 0 Å². The second-order valence-corrected chi connectivity index (χ2v) is 11.4. The van der Waals surface area contributed by atoms with Crippen molar-refractivity contribution in [2.24, 2.45) is 33.7 Å². The van der Waals surface area contributed by atoms with Crippen molar-refractivity contribution in [3.63, 3.8) is 0 Å². The van der Waals surface area contributed by atoms with E-state index >= 15 is 0 Å². The fourth-order valence-corrected chi connectivity index (χ4v) is 7.85. The number of carbonyl (C=O) groups excluding carboxylic acids is 3. The number of oxime groups is 1. The van der Waals surface area contributed by atoms with Gasteiger partial charge in [-0.15, -0.1) is 11.5 Å². The summed E-state index contributed by atoms with van der Waals surface area (Å²) in [5.41, 5.74) is 1.08. The van der Waals surface area contributed by atoms with Gasteiger partial charge in [-0.05, 0) is 80.6 Å². The molecule has 1 N–H and O–H groups in total. The number of aliphatic hydroxyl groups is 1. The molecule has 0 aromatic carbocycles. The highest BCUT2D eigenvalue weighted by molar-refractivity contribution is 6.01. The maximum atomic E-state index is 11.9. The molecule has 4 fully saturated rings. The van der Waals surface area contributed by atoms with Crippen LogP contribution in [0.15, 0.2) is 16.8 Å². The van der Waals surface area contributed by atoms with Crippen molar-refractivity contribution >= 4 is 23.5 Å². The predicted molar refractivity (Wildman–Crippen MR) is 126 cm³/mol. The number of hydroxylamine groups is 2. The Hall–Kier alpha value is -2.66. The van der Waals surface area contributed by atoms with E-state index < -0.39 is 30.0 Å². The number of allylic oxidation sites excluding steroid dienone is 2. The number of imide groups is 1. The monoisotopic (exact) mass is 482 g/mol. The molecule has 1 heterocycles. The van der Waals surface area contributed by atoms with E-state index in [1.165, 1.54) is 5.57 Å². The van der Waals surface area contributed by atoms with Crippen LogP contribution in [0.25, 0.3) is 0 Å². The molecule has 4 aliphatic carbocycles. The van der Waals surface area contributed by atoms with Gasteiger partial charge in [0.05, 0.1) is 5.71 Å². The maximum Gasteiger partial charge on any atom is 0.373 e. The van der Waals surface area contributed by atoms with Gasteiger partial charge in [-0.1, -0.05) is 30.5 Å². The molecular weight excluding hydrogens is 448 g/mol. The number of hydrogen-bond acceptors (Lipinski definition) is 7. The van der Waals surface area contributed by atoms with Gasteiger partial charge in [0.25, 0.3) is 11.8 Å². The summed E-state index contributed by atoms with van der Waals surface area (Å²) >= 11 is 0. The topological polar surface area (TPSA) is 106 Å². The molecule has 35 heavy (non-hydrogen) atoms. The minimum atomic E-state index is -0.986. The smallest absolute Gasteiger partial charge is 0.373 e. The van der Waals surface area contributed by atoms with Crippen molar-refractivity contribution in [3.05, 3.63) is 11.6 Å². The molecule has 5 rings (SSSR count). The van der Waals surface area contributed by atoms with Gasteiger partial charge < -0.3 is 14.8 Å². The molecule has 1 saturated heterocycles. The molecular formula is C27H34N2O6. The van der Waals surface area contributed by atoms with Gasteiger partial charge in [0.1, 0.15) is 5.60 Å². The summed E-state index contributed by atoms with van der Waals surface area (Å²) in [6.45, 7) is 4.11. The number of rotatable bonds is 4. The Morgan fingerprint density at radius 3 is 2.54 bits per heavy atom. The van der Waals surface area contributed by atoms with Crippen LogP contribution < -0.4 is 0 Å². The maximum absolute atomic E-state index is 11.9. The third-order valence-corrected chi connectivity index (χ3v) is 9.93. The Balaban J connectivity index is 1.23. The molecule has 0 radical (unpaired) electrons. The minimum Gasteiger partial charge on any atom is -0.383 e. The zero-order valence-electron chi connectivity index (χ0n) is 20.5. The fraction of sp³-hybridized carbons (Fsp3) is 0.704. The Kier molecular flexibility index (Phi) is 5.83. The van der Waals surface area contributed by atoms with E-state index in [-0.39, 0.29) is 23.7 Å². The molecule has 0 aromatic rings. The van der Waals surface area contributed by atoms with Crippen LogP contribution in [-0.2, 0) is 24.1 Å². The highest BCUT2D eigenvalue weighted by Crippen LogP contribution is 2.67. The highest BCUT2D eigenvalue weighted by atomic mass is 16.7. The summed E-state index contributed by atoms with van der Waals surface area (Å²) in [6, 6.07) is 0. The molecule has 3 saturated carbocycles. The van der Waals surface area contributed by atoms with Crippen LogP contribution >= 0.6 is 0 Å². The van der Waals surface area contributed by atoms with Crippen molar-refractivity contribution < 1.29 is 29.2 Å². The first-order valence-electron chi connectivity index (χ1n) is 12.8. The second-order valence-electron chi connectivity index (χ2n) is 11.4. The molecule has 8 nitrogen and oxygen atoms in total. The summed E-state index contributed by atoms with van der Waals surface area (Å²) in [7, 11) is 0. The van der Waals surface area contributed by atoms with Crippen molar-refractivity contribution in [2.75, 3.05) is 6.61 Å². The van der Waals surface area contributed by atoms with E-state index in [4.69, 9.17) is 16.1 Å². The van der Waals surface area contributed by atoms with Gasteiger partial charge in [-0.2, -0.15) is 0 Å². The van der Waals surface area contributed by atoms with Crippen LogP contribution in [0.5, 0.6) is 0 Å². The average Bonchev–Trinajstić information content (AvgIpc) is 3.29. The van der Waals surface area contributed by atoms with Crippen molar-refractivity contribution in [2.45, 2.75) is 83.7 Å². The Morgan fingerprint density at radius 1 is 1.11 bits per heavy atom. The van der Waals surface area contributed by atoms with Crippen LogP contribution in [0.4, 0.5) is 0 Å². The number of fused-ring (bicyclic) bond motifs is 5. The summed E-state index contributed by atoms with van der Waals surface area (Å²) < 4.78 is 0. The van der Waals surface area contributed by atoms with Gasteiger partial charge in [0, 0.05) is 18.3 Å². The standard InChI is InChI=1S/C27H34N2O6/c1-4-27(33)14-11-21-19-6-5-17-15-18(9-12-25(17,2)20(19)10-13-26(21,27)3)28-34-16-24(32)35-29-22(30)7-8-23(29)31/h1,15,19-21,33H,5-14,16H2,2-3H3/b28-18-/t19-,20-,21+,25-,26-,27+/m0/s1. The quantitative estimate of drug-likeness (QED) is 0.375. The van der Waals surface area contributed by atoms with E-state index in [1.54, 1.807) is 0 Å². The van der Waals surface area contributed by atoms with Crippen molar-refractivity contribution in [3.8, 4) is 12.3 Å². The zero-order chi connectivity index (χ0) is 25.0. The Bertz CT molecular complexity index is 1040. The zero-order valence-corrected chi connectivity index (χ0v) is 20.5. The van der Waals surface area contributed by atoms with Gasteiger partial charge in [0.2, 0.25) is 6.61 Å². The normalized spacial score (nSPS) is 41.5. The second kappa shape index (κ2) is 8.48. The van der Waals surface area contributed by atoms with Gasteiger partial charge in [-0.3, -0.25) is 9.59 Å². The van der Waals surface area contributed by atoms with Crippen LogP contribution in [0, 0.1) is 40.9 Å². The number of nitrogens with zero attached hydrogens (tertiary/aromatic N) is 2. The SMILES string of the molecule is C#C[C@@]1(O)CC[C@@H]2[C@H]3CCC4=C/C(=N\OCC(=O)ON5C(=O)CCC5=O)CC[C@]4(C)[C@H]3CC[C@@]21C. The molecule has 0 unspecified atom stereocenters. The Labute approximate surface area is 206 Å². The third kappa shape index (κ3) is 3.70.